The van der Waals surface area contributed by atoms with Crippen LogP contribution in [0.25, 0.3) is 0 Å². The van der Waals surface area contributed by atoms with E-state index < -0.39 is 23.9 Å². The molecule has 7 nitrogen and oxygen atoms in total. The number of likely N-dealkylation sites (tertiary alicyclic amines) is 1. The van der Waals surface area contributed by atoms with E-state index in [-0.39, 0.29) is 12.0 Å². The predicted octanol–water partition coefficient (Wildman–Crippen LogP) is 3.63. The number of carbonyl (C=O) groups excluding carboxylic acids is 1. The summed E-state index contributed by atoms with van der Waals surface area (Å²) in [5, 5.41) is 0. The first kappa shape index (κ1) is 23.7. The second kappa shape index (κ2) is 8.55. The van der Waals surface area contributed by atoms with Gasteiger partial charge in [0.05, 0.1) is 24.9 Å². The van der Waals surface area contributed by atoms with Crippen LogP contribution in [0.4, 0.5) is 4.79 Å². The Hall–Kier alpha value is -1.93. The molecule has 1 atom stereocenters. The smallest absolute Gasteiger partial charge is 0.493 e. The molecule has 31 heavy (non-hydrogen) atoms. The van der Waals surface area contributed by atoms with Crippen molar-refractivity contribution in [1.82, 2.24) is 4.90 Å². The number of benzene rings is 1. The van der Waals surface area contributed by atoms with Crippen molar-refractivity contribution >= 4 is 18.7 Å². The molecular formula is C23H36BNO6. The summed E-state index contributed by atoms with van der Waals surface area (Å²) in [6, 6.07) is 5.73. The van der Waals surface area contributed by atoms with E-state index in [1.54, 1.807) is 12.0 Å². The highest BCUT2D eigenvalue weighted by Gasteiger charge is 2.51. The van der Waals surface area contributed by atoms with Gasteiger partial charge in [0, 0.05) is 19.0 Å². The summed E-state index contributed by atoms with van der Waals surface area (Å²) >= 11 is 0. The van der Waals surface area contributed by atoms with Crippen LogP contribution < -0.4 is 14.9 Å². The minimum atomic E-state index is -0.493. The molecule has 172 valence electrons. The van der Waals surface area contributed by atoms with E-state index in [0.717, 1.165) is 11.9 Å². The van der Waals surface area contributed by atoms with Gasteiger partial charge in [-0.05, 0) is 72.5 Å². The maximum absolute atomic E-state index is 12.3. The molecule has 0 radical (unpaired) electrons. The molecule has 0 saturated carbocycles. The monoisotopic (exact) mass is 433 g/mol. The molecule has 0 aromatic heterocycles. The van der Waals surface area contributed by atoms with Crippen LogP contribution in [0, 0.1) is 5.92 Å². The van der Waals surface area contributed by atoms with E-state index in [0.29, 0.717) is 31.2 Å². The Bertz CT molecular complexity index is 788. The fraction of sp³-hybridized carbons (Fsp3) is 0.696. The Morgan fingerprint density at radius 3 is 2.39 bits per heavy atom. The van der Waals surface area contributed by atoms with Crippen LogP contribution in [0.5, 0.6) is 11.5 Å². The highest BCUT2D eigenvalue weighted by atomic mass is 16.7. The second-order valence-corrected chi connectivity index (χ2v) is 10.4. The lowest BCUT2D eigenvalue weighted by Crippen LogP contribution is -2.41. The summed E-state index contributed by atoms with van der Waals surface area (Å²) in [6.07, 6.45) is 0.605. The molecule has 0 unspecified atom stereocenters. The Morgan fingerprint density at radius 2 is 1.81 bits per heavy atom. The Kier molecular flexibility index (Phi) is 6.54. The highest BCUT2D eigenvalue weighted by Crippen LogP contribution is 2.37. The fourth-order valence-corrected chi connectivity index (χ4v) is 3.60. The van der Waals surface area contributed by atoms with Crippen molar-refractivity contribution in [2.75, 3.05) is 26.8 Å². The lowest BCUT2D eigenvalue weighted by atomic mass is 9.79. The van der Waals surface area contributed by atoms with Gasteiger partial charge in [0.1, 0.15) is 5.60 Å². The zero-order valence-corrected chi connectivity index (χ0v) is 20.1. The first-order valence-corrected chi connectivity index (χ1v) is 11.0. The van der Waals surface area contributed by atoms with Gasteiger partial charge in [-0.15, -0.1) is 0 Å². The highest BCUT2D eigenvalue weighted by molar-refractivity contribution is 6.62. The number of carbonyl (C=O) groups is 1. The zero-order chi connectivity index (χ0) is 23.0. The standard InChI is InChI=1S/C23H36BNO6/c1-21(2,3)29-20(26)25-12-11-16(14-25)15-28-19-13-17(9-10-18(19)27-8)24-30-22(4,5)23(6,7)31-24/h9-10,13,16H,11-12,14-15H2,1-8H3/t16-/m0/s1. The maximum Gasteiger partial charge on any atom is 0.494 e. The van der Waals surface area contributed by atoms with Crippen molar-refractivity contribution < 1.29 is 28.3 Å². The van der Waals surface area contributed by atoms with Crippen LogP contribution in [0.1, 0.15) is 54.9 Å². The van der Waals surface area contributed by atoms with Gasteiger partial charge < -0.3 is 28.4 Å². The summed E-state index contributed by atoms with van der Waals surface area (Å²) in [5.74, 6) is 1.53. The van der Waals surface area contributed by atoms with Gasteiger partial charge in [-0.2, -0.15) is 0 Å². The van der Waals surface area contributed by atoms with Crippen molar-refractivity contribution in [2.45, 2.75) is 71.7 Å². The number of ether oxygens (including phenoxy) is 3. The molecule has 2 heterocycles. The molecule has 2 saturated heterocycles. The number of rotatable bonds is 5. The summed E-state index contributed by atoms with van der Waals surface area (Å²) < 4.78 is 29.4. The molecule has 0 aliphatic carbocycles. The van der Waals surface area contributed by atoms with Gasteiger partial charge in [0.25, 0.3) is 0 Å². The lowest BCUT2D eigenvalue weighted by Gasteiger charge is -2.32. The molecule has 2 fully saturated rings. The number of methoxy groups -OCH3 is 1. The topological polar surface area (TPSA) is 66.5 Å². The summed E-state index contributed by atoms with van der Waals surface area (Å²) in [4.78, 5) is 14.0. The van der Waals surface area contributed by atoms with E-state index in [2.05, 4.69) is 0 Å². The lowest BCUT2D eigenvalue weighted by molar-refractivity contribution is 0.00578. The molecule has 0 N–H and O–H groups in total. The third-order valence-corrected chi connectivity index (χ3v) is 6.13. The number of nitrogens with zero attached hydrogens (tertiary/aromatic N) is 1. The van der Waals surface area contributed by atoms with E-state index in [9.17, 15) is 4.79 Å². The Morgan fingerprint density at radius 1 is 1.16 bits per heavy atom. The van der Waals surface area contributed by atoms with Crippen LogP contribution in [0.3, 0.4) is 0 Å². The van der Waals surface area contributed by atoms with Crippen LogP contribution in [0.2, 0.25) is 0 Å². The normalized spacial score (nSPS) is 22.5. The molecule has 3 rings (SSSR count). The molecule has 1 aromatic carbocycles. The van der Waals surface area contributed by atoms with Gasteiger partial charge in [-0.25, -0.2) is 4.79 Å². The van der Waals surface area contributed by atoms with Crippen LogP contribution in [-0.4, -0.2) is 61.7 Å². The molecule has 2 aliphatic rings. The number of hydrogen-bond acceptors (Lipinski definition) is 6. The molecule has 1 aromatic rings. The summed E-state index contributed by atoms with van der Waals surface area (Å²) in [7, 11) is 1.16. The molecule has 8 heteroatoms. The predicted molar refractivity (Wildman–Crippen MR) is 120 cm³/mol. The average Bonchev–Trinajstić information content (AvgIpc) is 3.20. The first-order chi connectivity index (χ1) is 14.3. The van der Waals surface area contributed by atoms with Crippen molar-refractivity contribution in [3.05, 3.63) is 18.2 Å². The second-order valence-electron chi connectivity index (χ2n) is 10.4. The van der Waals surface area contributed by atoms with Crippen molar-refractivity contribution in [1.29, 1.82) is 0 Å². The van der Waals surface area contributed by atoms with E-state index in [4.69, 9.17) is 23.5 Å². The first-order valence-electron chi connectivity index (χ1n) is 11.0. The molecule has 0 bridgehead atoms. The SMILES string of the molecule is COc1ccc(B2OC(C)(C)C(C)(C)O2)cc1OC[C@H]1CCN(C(=O)OC(C)(C)C)C1. The summed E-state index contributed by atoms with van der Waals surface area (Å²) in [5.41, 5.74) is -0.426. The van der Waals surface area contributed by atoms with Gasteiger partial charge in [0.15, 0.2) is 11.5 Å². The van der Waals surface area contributed by atoms with Gasteiger partial charge in [-0.1, -0.05) is 6.07 Å². The summed E-state index contributed by atoms with van der Waals surface area (Å²) in [6.45, 7) is 15.5. The van der Waals surface area contributed by atoms with E-state index >= 15 is 0 Å². The van der Waals surface area contributed by atoms with E-state index in [1.807, 2.05) is 66.7 Å². The maximum atomic E-state index is 12.3. The number of hydrogen-bond donors (Lipinski definition) is 0. The average molecular weight is 433 g/mol. The molecule has 1 amide bonds. The van der Waals surface area contributed by atoms with Gasteiger partial charge in [-0.3, -0.25) is 0 Å². The van der Waals surface area contributed by atoms with Gasteiger partial charge in [0.2, 0.25) is 0 Å². The molecular weight excluding hydrogens is 397 g/mol. The van der Waals surface area contributed by atoms with Crippen LogP contribution in [-0.2, 0) is 14.0 Å². The van der Waals surface area contributed by atoms with Crippen molar-refractivity contribution in [2.24, 2.45) is 5.92 Å². The minimum absolute atomic E-state index is 0.234. The Labute approximate surface area is 186 Å². The Balaban J connectivity index is 1.63. The van der Waals surface area contributed by atoms with E-state index in [1.165, 1.54) is 0 Å². The fourth-order valence-electron chi connectivity index (χ4n) is 3.60. The van der Waals surface area contributed by atoms with Crippen molar-refractivity contribution in [3.8, 4) is 11.5 Å². The third-order valence-electron chi connectivity index (χ3n) is 6.13. The number of amides is 1. The largest absolute Gasteiger partial charge is 0.494 e. The zero-order valence-electron chi connectivity index (χ0n) is 20.1. The molecule has 0 spiro atoms. The van der Waals surface area contributed by atoms with Crippen molar-refractivity contribution in [3.63, 3.8) is 0 Å². The van der Waals surface area contributed by atoms with Gasteiger partial charge >= 0.3 is 13.2 Å². The minimum Gasteiger partial charge on any atom is -0.493 e. The quantitative estimate of drug-likeness (QED) is 0.661. The van der Waals surface area contributed by atoms with Crippen LogP contribution in [0.15, 0.2) is 18.2 Å². The third kappa shape index (κ3) is 5.47. The van der Waals surface area contributed by atoms with Crippen LogP contribution >= 0.6 is 0 Å². The molecule has 2 aliphatic heterocycles.